The molecule has 0 aliphatic heterocycles. The third-order valence-electron chi connectivity index (χ3n) is 2.70. The minimum absolute atomic E-state index is 0.405. The molecule has 0 saturated carbocycles. The van der Waals surface area contributed by atoms with E-state index in [2.05, 4.69) is 26.1 Å². The Balaban J connectivity index is 2.05. The summed E-state index contributed by atoms with van der Waals surface area (Å²) in [6.45, 7) is 7.83. The summed E-state index contributed by atoms with van der Waals surface area (Å²) < 4.78 is 5.05. The second-order valence-electron chi connectivity index (χ2n) is 4.62. The maximum atomic E-state index is 5.05. The van der Waals surface area contributed by atoms with Gasteiger partial charge in [-0.3, -0.25) is 0 Å². The van der Waals surface area contributed by atoms with Gasteiger partial charge >= 0.3 is 0 Å². The summed E-state index contributed by atoms with van der Waals surface area (Å²) >= 11 is 0. The summed E-state index contributed by atoms with van der Waals surface area (Å²) in [7, 11) is 0. The molecule has 2 heteroatoms. The number of nitrogens with one attached hydrogen (secondary N) is 1. The van der Waals surface area contributed by atoms with Crippen molar-refractivity contribution in [2.24, 2.45) is 5.92 Å². The quantitative estimate of drug-likeness (QED) is 0.692. The van der Waals surface area contributed by atoms with Crippen molar-refractivity contribution in [3.8, 4) is 0 Å². The van der Waals surface area contributed by atoms with Crippen LogP contribution in [0.4, 0.5) is 0 Å². The van der Waals surface area contributed by atoms with Gasteiger partial charge in [0.05, 0.1) is 12.5 Å². The largest absolute Gasteiger partial charge is 0.472 e. The van der Waals surface area contributed by atoms with Crippen LogP contribution in [-0.2, 0) is 0 Å². The van der Waals surface area contributed by atoms with Crippen molar-refractivity contribution in [1.29, 1.82) is 0 Å². The van der Waals surface area contributed by atoms with Gasteiger partial charge in [-0.15, -0.1) is 0 Å². The van der Waals surface area contributed by atoms with E-state index in [1.165, 1.54) is 24.8 Å². The molecule has 1 rings (SSSR count). The molecule has 0 aromatic carbocycles. The molecule has 1 aromatic rings. The minimum atomic E-state index is 0.405. The van der Waals surface area contributed by atoms with E-state index in [0.29, 0.717) is 6.04 Å². The number of unbranched alkanes of at least 4 members (excludes halogenated alkanes) is 1. The van der Waals surface area contributed by atoms with E-state index in [1.54, 1.807) is 6.26 Å². The molecular weight excluding hydrogens is 186 g/mol. The fraction of sp³-hybridized carbons (Fsp3) is 0.692. The van der Waals surface area contributed by atoms with Crippen molar-refractivity contribution in [3.05, 3.63) is 24.2 Å². The van der Waals surface area contributed by atoms with Crippen molar-refractivity contribution in [2.45, 2.75) is 46.1 Å². The average Bonchev–Trinajstić information content (AvgIpc) is 2.69. The first-order valence-corrected chi connectivity index (χ1v) is 5.95. The van der Waals surface area contributed by atoms with Crippen LogP contribution in [0, 0.1) is 5.92 Å². The van der Waals surface area contributed by atoms with Gasteiger partial charge in [-0.1, -0.05) is 26.7 Å². The Morgan fingerprint density at radius 2 is 2.07 bits per heavy atom. The van der Waals surface area contributed by atoms with E-state index >= 15 is 0 Å². The molecule has 1 unspecified atom stereocenters. The molecule has 0 aliphatic carbocycles. The number of hydrogen-bond acceptors (Lipinski definition) is 2. The first-order valence-electron chi connectivity index (χ1n) is 5.95. The van der Waals surface area contributed by atoms with Crippen molar-refractivity contribution < 1.29 is 4.42 Å². The Bertz CT molecular complexity index is 241. The lowest BCUT2D eigenvalue weighted by molar-refractivity contribution is 0.494. The second-order valence-corrected chi connectivity index (χ2v) is 4.62. The van der Waals surface area contributed by atoms with Crippen LogP contribution in [0.5, 0.6) is 0 Å². The van der Waals surface area contributed by atoms with Gasteiger partial charge in [-0.05, 0) is 31.9 Å². The third kappa shape index (κ3) is 5.03. The smallest absolute Gasteiger partial charge is 0.0950 e. The molecule has 0 fully saturated rings. The normalized spacial score (nSPS) is 13.3. The lowest BCUT2D eigenvalue weighted by atomic mass is 10.1. The Morgan fingerprint density at radius 1 is 1.27 bits per heavy atom. The summed E-state index contributed by atoms with van der Waals surface area (Å²) in [6, 6.07) is 2.42. The maximum absolute atomic E-state index is 5.05. The van der Waals surface area contributed by atoms with Crippen LogP contribution in [-0.4, -0.2) is 6.54 Å². The average molecular weight is 209 g/mol. The number of furan rings is 1. The van der Waals surface area contributed by atoms with E-state index in [4.69, 9.17) is 4.42 Å². The zero-order chi connectivity index (χ0) is 11.1. The van der Waals surface area contributed by atoms with E-state index in [0.717, 1.165) is 12.5 Å². The molecule has 0 aliphatic rings. The molecular formula is C13H23NO. The van der Waals surface area contributed by atoms with Gasteiger partial charge in [0, 0.05) is 11.6 Å². The molecule has 1 aromatic heterocycles. The van der Waals surface area contributed by atoms with E-state index in [1.807, 2.05) is 12.3 Å². The summed E-state index contributed by atoms with van der Waals surface area (Å²) in [5.74, 6) is 0.830. The monoisotopic (exact) mass is 209 g/mol. The molecule has 0 spiro atoms. The van der Waals surface area contributed by atoms with Crippen LogP contribution in [0.25, 0.3) is 0 Å². The van der Waals surface area contributed by atoms with Gasteiger partial charge in [-0.25, -0.2) is 0 Å². The van der Waals surface area contributed by atoms with Crippen molar-refractivity contribution in [3.63, 3.8) is 0 Å². The van der Waals surface area contributed by atoms with Crippen molar-refractivity contribution in [2.75, 3.05) is 6.54 Å². The van der Waals surface area contributed by atoms with Crippen LogP contribution in [0.15, 0.2) is 23.0 Å². The Hall–Kier alpha value is -0.760. The summed E-state index contributed by atoms with van der Waals surface area (Å²) in [6.07, 6.45) is 7.46. The van der Waals surface area contributed by atoms with Gasteiger partial charge < -0.3 is 9.73 Å². The zero-order valence-corrected chi connectivity index (χ0v) is 10.1. The maximum Gasteiger partial charge on any atom is 0.0950 e. The fourth-order valence-electron chi connectivity index (χ4n) is 1.64. The van der Waals surface area contributed by atoms with Crippen LogP contribution in [0.1, 0.15) is 51.6 Å². The predicted molar refractivity (Wildman–Crippen MR) is 63.8 cm³/mol. The van der Waals surface area contributed by atoms with Crippen LogP contribution in [0.2, 0.25) is 0 Å². The Kier molecular flexibility index (Phi) is 5.48. The second kappa shape index (κ2) is 6.67. The number of hydrogen-bond donors (Lipinski definition) is 1. The van der Waals surface area contributed by atoms with Crippen LogP contribution < -0.4 is 5.32 Å². The van der Waals surface area contributed by atoms with E-state index in [9.17, 15) is 0 Å². The SMILES string of the molecule is CC(C)CCCCNC(C)c1ccoc1. The molecule has 0 saturated heterocycles. The highest BCUT2D eigenvalue weighted by molar-refractivity contribution is 5.09. The standard InChI is InChI=1S/C13H23NO/c1-11(2)6-4-5-8-14-12(3)13-7-9-15-10-13/h7,9-12,14H,4-6,8H2,1-3H3. The van der Waals surface area contributed by atoms with E-state index in [-0.39, 0.29) is 0 Å². The summed E-state index contributed by atoms with van der Waals surface area (Å²) in [4.78, 5) is 0. The fourth-order valence-corrected chi connectivity index (χ4v) is 1.64. The topological polar surface area (TPSA) is 25.2 Å². The lowest BCUT2D eigenvalue weighted by Gasteiger charge is -2.11. The molecule has 2 nitrogen and oxygen atoms in total. The van der Waals surface area contributed by atoms with Gasteiger partial charge in [-0.2, -0.15) is 0 Å². The highest BCUT2D eigenvalue weighted by Gasteiger charge is 2.04. The molecule has 86 valence electrons. The summed E-state index contributed by atoms with van der Waals surface area (Å²) in [5, 5.41) is 3.50. The highest BCUT2D eigenvalue weighted by atomic mass is 16.3. The first-order chi connectivity index (χ1) is 7.20. The minimum Gasteiger partial charge on any atom is -0.472 e. The molecule has 15 heavy (non-hydrogen) atoms. The zero-order valence-electron chi connectivity index (χ0n) is 10.1. The van der Waals surface area contributed by atoms with E-state index < -0.39 is 0 Å². The lowest BCUT2D eigenvalue weighted by Crippen LogP contribution is -2.19. The Morgan fingerprint density at radius 3 is 2.67 bits per heavy atom. The van der Waals surface area contributed by atoms with Crippen LogP contribution >= 0.6 is 0 Å². The van der Waals surface area contributed by atoms with Crippen molar-refractivity contribution in [1.82, 2.24) is 5.32 Å². The Labute approximate surface area is 93.1 Å². The van der Waals surface area contributed by atoms with Crippen LogP contribution in [0.3, 0.4) is 0 Å². The highest BCUT2D eigenvalue weighted by Crippen LogP contribution is 2.12. The molecule has 0 amide bonds. The molecule has 1 heterocycles. The number of rotatable bonds is 7. The van der Waals surface area contributed by atoms with Gasteiger partial charge in [0.1, 0.15) is 0 Å². The molecule has 1 atom stereocenters. The molecule has 0 radical (unpaired) electrons. The van der Waals surface area contributed by atoms with Gasteiger partial charge in [0.2, 0.25) is 0 Å². The van der Waals surface area contributed by atoms with Gasteiger partial charge in [0.25, 0.3) is 0 Å². The van der Waals surface area contributed by atoms with Crippen molar-refractivity contribution >= 4 is 0 Å². The molecule has 0 bridgehead atoms. The molecule has 1 N–H and O–H groups in total. The first kappa shape index (κ1) is 12.3. The summed E-state index contributed by atoms with van der Waals surface area (Å²) in [5.41, 5.74) is 1.24. The predicted octanol–water partition coefficient (Wildman–Crippen LogP) is 3.76. The van der Waals surface area contributed by atoms with Gasteiger partial charge in [0.15, 0.2) is 0 Å². The third-order valence-corrected chi connectivity index (χ3v) is 2.70.